The number of nitrogens with zero attached hydrogens (tertiary/aromatic N) is 4. The highest BCUT2D eigenvalue weighted by Gasteiger charge is 2.23. The first-order valence-corrected chi connectivity index (χ1v) is 22.6. The van der Waals surface area contributed by atoms with Gasteiger partial charge in [0.15, 0.2) is 11.6 Å². The number of hydrogen-bond acceptors (Lipinski definition) is 5. The minimum atomic E-state index is 0.525. The minimum Gasteiger partial charge on any atom is -0.456 e. The van der Waals surface area contributed by atoms with Crippen LogP contribution in [0.2, 0.25) is 0 Å². The Morgan fingerprint density at radius 1 is 0.364 bits per heavy atom. The molecule has 0 radical (unpaired) electrons. The van der Waals surface area contributed by atoms with E-state index in [1.165, 1.54) is 17.2 Å². The van der Waals surface area contributed by atoms with E-state index in [1.54, 1.807) is 0 Å². The lowest BCUT2D eigenvalue weighted by Crippen LogP contribution is -2.07. The Morgan fingerprint density at radius 3 is 1.74 bits per heavy atom. The van der Waals surface area contributed by atoms with E-state index in [0.29, 0.717) is 17.6 Å². The molecule has 0 fully saturated rings. The molecule has 0 aliphatic carbocycles. The molecule has 312 valence electrons. The number of fused-ring (bicyclic) bond motifs is 14. The Morgan fingerprint density at radius 2 is 0.909 bits per heavy atom. The van der Waals surface area contributed by atoms with Gasteiger partial charge in [-0.05, 0) is 75.0 Å². The molecule has 66 heavy (non-hydrogen) atoms. The van der Waals surface area contributed by atoms with E-state index in [2.05, 4.69) is 194 Å². The lowest BCUT2D eigenvalue weighted by Gasteiger charge is -2.14. The van der Waals surface area contributed by atoms with Gasteiger partial charge in [0.05, 0.1) is 11.0 Å². The smallest absolute Gasteiger partial charge is 0.238 e. The summed E-state index contributed by atoms with van der Waals surface area (Å²) in [5, 5.41) is 13.4. The summed E-state index contributed by atoms with van der Waals surface area (Å²) in [5.74, 6) is 1.66. The maximum absolute atomic E-state index is 6.47. The zero-order valence-electron chi connectivity index (χ0n) is 36.3. The van der Waals surface area contributed by atoms with Crippen LogP contribution in [0.25, 0.3) is 138 Å². The highest BCUT2D eigenvalue weighted by molar-refractivity contribution is 6.22. The van der Waals surface area contributed by atoms with Crippen molar-refractivity contribution in [1.29, 1.82) is 0 Å². The Balaban J connectivity index is 0.00000141. The van der Waals surface area contributed by atoms with Crippen LogP contribution in [-0.4, -0.2) is 19.5 Å². The fourth-order valence-corrected chi connectivity index (χ4v) is 9.89. The molecule has 0 amide bonds. The van der Waals surface area contributed by atoms with Gasteiger partial charge in [0.2, 0.25) is 5.95 Å². The van der Waals surface area contributed by atoms with Crippen LogP contribution in [0.1, 0.15) is 20.3 Å². The van der Waals surface area contributed by atoms with Gasteiger partial charge in [0, 0.05) is 54.4 Å². The van der Waals surface area contributed by atoms with Crippen molar-refractivity contribution in [3.8, 4) is 39.9 Å². The van der Waals surface area contributed by atoms with Crippen LogP contribution in [0.4, 0.5) is 0 Å². The Hall–Kier alpha value is -8.61. The minimum absolute atomic E-state index is 0.525. The Bertz CT molecular complexity index is 4250. The van der Waals surface area contributed by atoms with Crippen LogP contribution < -0.4 is 0 Å². The third kappa shape index (κ3) is 5.92. The van der Waals surface area contributed by atoms with E-state index in [0.717, 1.165) is 109 Å². The fourth-order valence-electron chi connectivity index (χ4n) is 9.89. The summed E-state index contributed by atoms with van der Waals surface area (Å²) in [6.07, 6.45) is 1.25. The normalized spacial score (nSPS) is 11.8. The summed E-state index contributed by atoms with van der Waals surface area (Å²) in [7, 11) is 0. The molecule has 4 aromatic heterocycles. The first kappa shape index (κ1) is 37.9. The summed E-state index contributed by atoms with van der Waals surface area (Å²) >= 11 is 0. The van der Waals surface area contributed by atoms with E-state index in [-0.39, 0.29) is 0 Å². The molecule has 0 unspecified atom stereocenters. The van der Waals surface area contributed by atoms with Crippen LogP contribution in [0, 0.1) is 0 Å². The molecule has 10 aromatic carbocycles. The van der Waals surface area contributed by atoms with E-state index in [4.69, 9.17) is 23.8 Å². The van der Waals surface area contributed by atoms with Gasteiger partial charge < -0.3 is 8.83 Å². The largest absolute Gasteiger partial charge is 0.456 e. The fraction of sp³-hybridized carbons (Fsp3) is 0.0500. The van der Waals surface area contributed by atoms with Crippen LogP contribution in [0.5, 0.6) is 0 Å². The summed E-state index contributed by atoms with van der Waals surface area (Å²) in [5.41, 5.74) is 9.26. The van der Waals surface area contributed by atoms with Crippen molar-refractivity contribution >= 4 is 98.0 Å². The Kier molecular flexibility index (Phi) is 8.61. The van der Waals surface area contributed by atoms with Crippen LogP contribution in [0.3, 0.4) is 0 Å². The lowest BCUT2D eigenvalue weighted by atomic mass is 9.98. The topological polar surface area (TPSA) is 69.9 Å². The molecule has 4 heterocycles. The molecule has 0 bridgehead atoms. The van der Waals surface area contributed by atoms with Gasteiger partial charge in [-0.25, -0.2) is 4.98 Å². The van der Waals surface area contributed by atoms with Gasteiger partial charge in [0.25, 0.3) is 0 Å². The van der Waals surface area contributed by atoms with Crippen molar-refractivity contribution in [3.63, 3.8) is 0 Å². The van der Waals surface area contributed by atoms with E-state index >= 15 is 0 Å². The van der Waals surface area contributed by atoms with Gasteiger partial charge in [-0.3, -0.25) is 4.57 Å². The molecular weight excluding hydrogens is 809 g/mol. The quantitative estimate of drug-likeness (QED) is 0.176. The molecule has 6 heteroatoms. The van der Waals surface area contributed by atoms with Crippen molar-refractivity contribution in [2.24, 2.45) is 0 Å². The number of rotatable bonds is 4. The predicted octanol–water partition coefficient (Wildman–Crippen LogP) is 16.6. The second-order valence-corrected chi connectivity index (χ2v) is 17.1. The molecule has 0 N–H and O–H groups in total. The molecule has 14 aromatic rings. The van der Waals surface area contributed by atoms with Crippen LogP contribution in [0.15, 0.2) is 203 Å². The first-order chi connectivity index (χ1) is 32.6. The average Bonchev–Trinajstić information content (AvgIpc) is 4.06. The molecule has 0 aliphatic heterocycles. The monoisotopic (exact) mass is 848 g/mol. The molecule has 0 aliphatic rings. The van der Waals surface area contributed by atoms with Crippen molar-refractivity contribution in [2.45, 2.75) is 20.3 Å². The highest BCUT2D eigenvalue weighted by Crippen LogP contribution is 2.43. The second-order valence-electron chi connectivity index (χ2n) is 17.1. The Labute approximate surface area is 379 Å². The summed E-state index contributed by atoms with van der Waals surface area (Å²) in [6.45, 7) is 4.25. The summed E-state index contributed by atoms with van der Waals surface area (Å²) < 4.78 is 15.1. The number of hydrogen-bond donors (Lipinski definition) is 0. The standard InChI is InChI=1S/C57H32N4O2.C3H8/c1-2-13-36-30-38(21-20-33(36)10-1)55-58-56(39-23-26-44-43-16-7-8-19-48(43)63-51(44)32-39)60-57(59-55)61-53-41-15-6-4-12-35(41)22-27-46(53)45-18-9-17-42(54(45)61)37-25-28-49-47(31-37)52-40-14-5-3-11-34(40)24-29-50(52)62-49;1-3-2/h1-32H;3H2,1-2H3. The third-order valence-electron chi connectivity index (χ3n) is 12.8. The van der Waals surface area contributed by atoms with Crippen molar-refractivity contribution in [2.75, 3.05) is 0 Å². The SMILES string of the molecule is CCC.c1ccc2cc(-c3nc(-c4ccc5c(c4)oc4ccccc45)nc(-n4c5c(-c6ccc7oc8ccc9ccccc9c8c7c6)cccc5c5ccc6ccccc6c54)n3)ccc2c1. The average molecular weight is 849 g/mol. The first-order valence-electron chi connectivity index (χ1n) is 22.6. The van der Waals surface area contributed by atoms with Gasteiger partial charge in [-0.15, -0.1) is 0 Å². The second kappa shape index (κ2) is 15.0. The van der Waals surface area contributed by atoms with E-state index in [1.807, 2.05) is 18.2 Å². The summed E-state index contributed by atoms with van der Waals surface area (Å²) in [4.78, 5) is 16.1. The molecule has 0 saturated carbocycles. The predicted molar refractivity (Wildman–Crippen MR) is 274 cm³/mol. The highest BCUT2D eigenvalue weighted by atomic mass is 16.3. The zero-order chi connectivity index (χ0) is 43.9. The molecular formula is C60H40N4O2. The van der Waals surface area contributed by atoms with Crippen molar-refractivity contribution in [1.82, 2.24) is 19.5 Å². The maximum Gasteiger partial charge on any atom is 0.238 e. The summed E-state index contributed by atoms with van der Waals surface area (Å²) in [6, 6.07) is 68.1. The molecule has 14 rings (SSSR count). The third-order valence-corrected chi connectivity index (χ3v) is 12.8. The number of benzene rings is 10. The van der Waals surface area contributed by atoms with Gasteiger partial charge in [-0.1, -0.05) is 172 Å². The maximum atomic E-state index is 6.47. The van der Waals surface area contributed by atoms with Gasteiger partial charge >= 0.3 is 0 Å². The van der Waals surface area contributed by atoms with E-state index in [9.17, 15) is 0 Å². The molecule has 0 saturated heterocycles. The van der Waals surface area contributed by atoms with Crippen molar-refractivity contribution in [3.05, 3.63) is 194 Å². The van der Waals surface area contributed by atoms with Crippen LogP contribution in [-0.2, 0) is 0 Å². The number of furan rings is 2. The number of aromatic nitrogens is 4. The molecule has 0 atom stereocenters. The van der Waals surface area contributed by atoms with Crippen molar-refractivity contribution < 1.29 is 8.83 Å². The number of para-hydroxylation sites is 2. The molecule has 0 spiro atoms. The lowest BCUT2D eigenvalue weighted by molar-refractivity contribution is 0.668. The van der Waals surface area contributed by atoms with Crippen LogP contribution >= 0.6 is 0 Å². The van der Waals surface area contributed by atoms with Gasteiger partial charge in [0.1, 0.15) is 22.3 Å². The zero-order valence-corrected chi connectivity index (χ0v) is 36.3. The molecule has 6 nitrogen and oxygen atoms in total. The van der Waals surface area contributed by atoms with Gasteiger partial charge in [-0.2, -0.15) is 9.97 Å². The van der Waals surface area contributed by atoms with E-state index < -0.39 is 0 Å².